The van der Waals surface area contributed by atoms with E-state index in [-0.39, 0.29) is 5.91 Å². The number of anilines is 1. The van der Waals surface area contributed by atoms with Crippen LogP contribution < -0.4 is 5.32 Å². The van der Waals surface area contributed by atoms with Gasteiger partial charge in [-0.3, -0.25) is 10.1 Å². The molecule has 0 atom stereocenters. The van der Waals surface area contributed by atoms with E-state index in [1.165, 1.54) is 29.7 Å². The highest BCUT2D eigenvalue weighted by Crippen LogP contribution is 2.12. The van der Waals surface area contributed by atoms with E-state index in [9.17, 15) is 4.79 Å². The van der Waals surface area contributed by atoms with Gasteiger partial charge in [-0.25, -0.2) is 0 Å². The van der Waals surface area contributed by atoms with Crippen LogP contribution in [0, 0.1) is 0 Å². The highest BCUT2D eigenvalue weighted by Gasteiger charge is 2.07. The van der Waals surface area contributed by atoms with Gasteiger partial charge in [-0.05, 0) is 30.5 Å². The van der Waals surface area contributed by atoms with Gasteiger partial charge in [-0.15, -0.1) is 10.2 Å². The van der Waals surface area contributed by atoms with Crippen LogP contribution in [0.4, 0.5) is 5.13 Å². The molecule has 1 aromatic heterocycles. The molecule has 0 unspecified atom stereocenters. The van der Waals surface area contributed by atoms with Crippen LogP contribution in [0.3, 0.4) is 0 Å². The molecule has 0 saturated heterocycles. The zero-order chi connectivity index (χ0) is 12.8. The number of nitrogens with one attached hydrogen (secondary N) is 1. The molecule has 0 radical (unpaired) electrons. The number of carbonyl (C=O) groups is 1. The topological polar surface area (TPSA) is 54.9 Å². The Kier molecular flexibility index (Phi) is 4.41. The van der Waals surface area contributed by atoms with Crippen LogP contribution in [0.1, 0.15) is 35.7 Å². The van der Waals surface area contributed by atoms with E-state index < -0.39 is 0 Å². The molecule has 0 spiro atoms. The lowest BCUT2D eigenvalue weighted by Crippen LogP contribution is -2.11. The zero-order valence-corrected chi connectivity index (χ0v) is 11.0. The summed E-state index contributed by atoms with van der Waals surface area (Å²) in [5, 5.41) is 10.7. The molecular formula is C13H15N3OS. The molecule has 1 amide bonds. The Hall–Kier alpha value is -1.75. The monoisotopic (exact) mass is 261 g/mol. The van der Waals surface area contributed by atoms with Crippen molar-refractivity contribution in [3.8, 4) is 0 Å². The smallest absolute Gasteiger partial charge is 0.257 e. The molecule has 1 N–H and O–H groups in total. The molecular weight excluding hydrogens is 246 g/mol. The number of unbranched alkanes of at least 4 members (excludes halogenated alkanes) is 1. The van der Waals surface area contributed by atoms with Crippen LogP contribution in [0.5, 0.6) is 0 Å². The first-order valence-electron chi connectivity index (χ1n) is 5.96. The third kappa shape index (κ3) is 3.37. The molecule has 94 valence electrons. The van der Waals surface area contributed by atoms with Crippen molar-refractivity contribution in [3.63, 3.8) is 0 Å². The number of benzene rings is 1. The third-order valence-corrected chi connectivity index (χ3v) is 3.22. The average molecular weight is 261 g/mol. The van der Waals surface area contributed by atoms with E-state index in [4.69, 9.17) is 0 Å². The molecule has 1 aromatic carbocycles. The summed E-state index contributed by atoms with van der Waals surface area (Å²) in [6.07, 6.45) is 3.42. The first-order chi connectivity index (χ1) is 8.79. The highest BCUT2D eigenvalue weighted by molar-refractivity contribution is 7.13. The van der Waals surface area contributed by atoms with Gasteiger partial charge in [0.15, 0.2) is 0 Å². The standard InChI is InChI=1S/C13H15N3OS/c1-2-3-4-10-5-7-11(8-6-10)12(17)15-13-16-14-9-18-13/h5-9H,2-4H2,1H3,(H,15,16,17). The number of nitrogens with zero attached hydrogens (tertiary/aromatic N) is 2. The number of aryl methyl sites for hydroxylation is 1. The number of aromatic nitrogens is 2. The summed E-state index contributed by atoms with van der Waals surface area (Å²) in [6, 6.07) is 7.71. The Bertz CT molecular complexity index is 493. The number of rotatable bonds is 5. The Morgan fingerprint density at radius 2 is 2.11 bits per heavy atom. The van der Waals surface area contributed by atoms with Crippen LogP contribution in [-0.4, -0.2) is 16.1 Å². The second kappa shape index (κ2) is 6.26. The van der Waals surface area contributed by atoms with Crippen LogP contribution in [0.25, 0.3) is 0 Å². The normalized spacial score (nSPS) is 10.3. The Morgan fingerprint density at radius 3 is 2.72 bits per heavy atom. The van der Waals surface area contributed by atoms with Gasteiger partial charge in [0.25, 0.3) is 5.91 Å². The minimum atomic E-state index is -0.145. The molecule has 4 nitrogen and oxygen atoms in total. The van der Waals surface area contributed by atoms with Crippen LogP contribution in [0.2, 0.25) is 0 Å². The summed E-state index contributed by atoms with van der Waals surface area (Å²) >= 11 is 1.31. The predicted octanol–water partition coefficient (Wildman–Crippen LogP) is 3.13. The predicted molar refractivity (Wildman–Crippen MR) is 72.9 cm³/mol. The SMILES string of the molecule is CCCCc1ccc(C(=O)Nc2nncs2)cc1. The van der Waals surface area contributed by atoms with Gasteiger partial charge >= 0.3 is 0 Å². The molecule has 1 heterocycles. The van der Waals surface area contributed by atoms with Crippen molar-refractivity contribution in [2.24, 2.45) is 0 Å². The lowest BCUT2D eigenvalue weighted by Gasteiger charge is -2.03. The maximum absolute atomic E-state index is 11.9. The molecule has 2 aromatic rings. The summed E-state index contributed by atoms with van der Waals surface area (Å²) in [5.41, 5.74) is 3.50. The fourth-order valence-electron chi connectivity index (χ4n) is 1.60. The summed E-state index contributed by atoms with van der Waals surface area (Å²) in [5.74, 6) is -0.145. The van der Waals surface area contributed by atoms with E-state index in [2.05, 4.69) is 22.4 Å². The van der Waals surface area contributed by atoms with Gasteiger partial charge in [0.05, 0.1) is 0 Å². The van der Waals surface area contributed by atoms with Crippen LogP contribution in [-0.2, 0) is 6.42 Å². The minimum absolute atomic E-state index is 0.145. The third-order valence-electron chi connectivity index (χ3n) is 2.62. The summed E-state index contributed by atoms with van der Waals surface area (Å²) < 4.78 is 0. The zero-order valence-electron chi connectivity index (χ0n) is 10.2. The summed E-state index contributed by atoms with van der Waals surface area (Å²) in [7, 11) is 0. The fourth-order valence-corrected chi connectivity index (χ4v) is 2.04. The van der Waals surface area contributed by atoms with Gasteiger partial charge in [0, 0.05) is 5.56 Å². The van der Waals surface area contributed by atoms with Crippen molar-refractivity contribution in [3.05, 3.63) is 40.9 Å². The van der Waals surface area contributed by atoms with Gasteiger partial charge in [-0.1, -0.05) is 36.8 Å². The van der Waals surface area contributed by atoms with Crippen LogP contribution >= 0.6 is 11.3 Å². The van der Waals surface area contributed by atoms with Gasteiger partial charge in [-0.2, -0.15) is 0 Å². The summed E-state index contributed by atoms with van der Waals surface area (Å²) in [6.45, 7) is 2.17. The number of amides is 1. The highest BCUT2D eigenvalue weighted by atomic mass is 32.1. The molecule has 0 aliphatic rings. The number of carbonyl (C=O) groups excluding carboxylic acids is 1. The maximum atomic E-state index is 11.9. The first-order valence-corrected chi connectivity index (χ1v) is 6.84. The molecule has 2 rings (SSSR count). The first kappa shape index (κ1) is 12.7. The van der Waals surface area contributed by atoms with E-state index in [1.807, 2.05) is 24.3 Å². The summed E-state index contributed by atoms with van der Waals surface area (Å²) in [4.78, 5) is 11.9. The molecule has 0 saturated carbocycles. The Morgan fingerprint density at radius 1 is 1.33 bits per heavy atom. The lowest BCUT2D eigenvalue weighted by molar-refractivity contribution is 0.102. The molecule has 5 heteroatoms. The van der Waals surface area contributed by atoms with E-state index in [0.29, 0.717) is 10.7 Å². The van der Waals surface area contributed by atoms with Gasteiger partial charge in [0.2, 0.25) is 5.13 Å². The molecule has 0 aliphatic heterocycles. The van der Waals surface area contributed by atoms with Crippen molar-refractivity contribution in [2.45, 2.75) is 26.2 Å². The quantitative estimate of drug-likeness (QED) is 0.899. The van der Waals surface area contributed by atoms with E-state index in [0.717, 1.165) is 6.42 Å². The van der Waals surface area contributed by atoms with Crippen molar-refractivity contribution < 1.29 is 4.79 Å². The van der Waals surface area contributed by atoms with Crippen molar-refractivity contribution >= 4 is 22.4 Å². The van der Waals surface area contributed by atoms with E-state index >= 15 is 0 Å². The molecule has 0 fully saturated rings. The number of hydrogen-bond acceptors (Lipinski definition) is 4. The average Bonchev–Trinajstić information content (AvgIpc) is 2.89. The number of hydrogen-bond donors (Lipinski definition) is 1. The van der Waals surface area contributed by atoms with Crippen molar-refractivity contribution in [1.29, 1.82) is 0 Å². The van der Waals surface area contributed by atoms with Crippen molar-refractivity contribution in [2.75, 3.05) is 5.32 Å². The van der Waals surface area contributed by atoms with Gasteiger partial charge < -0.3 is 0 Å². The van der Waals surface area contributed by atoms with Gasteiger partial charge in [0.1, 0.15) is 5.51 Å². The maximum Gasteiger partial charge on any atom is 0.257 e. The Balaban J connectivity index is 1.98. The minimum Gasteiger partial charge on any atom is -0.296 e. The molecule has 18 heavy (non-hydrogen) atoms. The largest absolute Gasteiger partial charge is 0.296 e. The second-order valence-electron chi connectivity index (χ2n) is 4.00. The van der Waals surface area contributed by atoms with E-state index in [1.54, 1.807) is 5.51 Å². The molecule has 0 bridgehead atoms. The Labute approximate surface area is 110 Å². The second-order valence-corrected chi connectivity index (χ2v) is 4.83. The van der Waals surface area contributed by atoms with Crippen molar-refractivity contribution in [1.82, 2.24) is 10.2 Å². The van der Waals surface area contributed by atoms with Crippen LogP contribution in [0.15, 0.2) is 29.8 Å². The fraction of sp³-hybridized carbons (Fsp3) is 0.308. The lowest BCUT2D eigenvalue weighted by atomic mass is 10.1. The molecule has 0 aliphatic carbocycles.